The van der Waals surface area contributed by atoms with E-state index in [1.54, 1.807) is 11.9 Å². The minimum atomic E-state index is -0.444. The van der Waals surface area contributed by atoms with Crippen molar-refractivity contribution < 1.29 is 19.1 Å². The van der Waals surface area contributed by atoms with Crippen LogP contribution in [0.15, 0.2) is 0 Å². The molecule has 3 heterocycles. The summed E-state index contributed by atoms with van der Waals surface area (Å²) in [5.41, 5.74) is -0.612. The Balaban J connectivity index is 1.45. The number of morpholine rings is 1. The molecule has 2 amide bonds. The lowest BCUT2D eigenvalue weighted by atomic mass is 9.89. The number of carbonyl (C=O) groups is 2. The first-order valence-electron chi connectivity index (χ1n) is 10.5. The first-order chi connectivity index (χ1) is 13.2. The standard InChI is InChI=1S/C20H36N4O4/c1-19(2,3)28-18(26)24-11-16(12-24)10-23-8-9-27-20(15-23)6-5-7-22(14-20)13-17(25)21-4/h16H,5-15H2,1-4H3,(H,21,25)/t20-/m1/s1. The van der Waals surface area contributed by atoms with E-state index in [-0.39, 0.29) is 17.6 Å². The summed E-state index contributed by atoms with van der Waals surface area (Å²) in [6.07, 6.45) is 1.89. The van der Waals surface area contributed by atoms with Crippen molar-refractivity contribution in [2.45, 2.75) is 44.8 Å². The van der Waals surface area contributed by atoms with Gasteiger partial charge in [0.15, 0.2) is 0 Å². The van der Waals surface area contributed by atoms with Gasteiger partial charge in [0.2, 0.25) is 5.91 Å². The van der Waals surface area contributed by atoms with Gasteiger partial charge in [-0.05, 0) is 40.2 Å². The first-order valence-corrected chi connectivity index (χ1v) is 10.5. The molecule has 1 spiro atoms. The van der Waals surface area contributed by atoms with Gasteiger partial charge in [-0.25, -0.2) is 4.79 Å². The van der Waals surface area contributed by atoms with E-state index in [0.717, 1.165) is 65.3 Å². The fourth-order valence-corrected chi connectivity index (χ4v) is 4.46. The topological polar surface area (TPSA) is 74.4 Å². The van der Waals surface area contributed by atoms with Gasteiger partial charge >= 0.3 is 6.09 Å². The third-order valence-corrected chi connectivity index (χ3v) is 5.72. The summed E-state index contributed by atoms with van der Waals surface area (Å²) in [7, 11) is 1.68. The Bertz CT molecular complexity index is 569. The molecule has 1 atom stereocenters. The van der Waals surface area contributed by atoms with E-state index in [9.17, 15) is 9.59 Å². The summed E-state index contributed by atoms with van der Waals surface area (Å²) >= 11 is 0. The number of likely N-dealkylation sites (N-methyl/N-ethyl adjacent to an activating group) is 1. The van der Waals surface area contributed by atoms with Crippen molar-refractivity contribution in [2.24, 2.45) is 5.92 Å². The molecule has 3 fully saturated rings. The van der Waals surface area contributed by atoms with Crippen LogP contribution in [0.3, 0.4) is 0 Å². The zero-order chi connectivity index (χ0) is 20.4. The highest BCUT2D eigenvalue weighted by Gasteiger charge is 2.42. The van der Waals surface area contributed by atoms with Crippen LogP contribution in [-0.2, 0) is 14.3 Å². The van der Waals surface area contributed by atoms with Crippen molar-refractivity contribution in [3.63, 3.8) is 0 Å². The number of hydrogen-bond donors (Lipinski definition) is 1. The van der Waals surface area contributed by atoms with Crippen molar-refractivity contribution >= 4 is 12.0 Å². The lowest BCUT2D eigenvalue weighted by Crippen LogP contribution is -2.62. The average Bonchev–Trinajstić information content (AvgIpc) is 2.56. The zero-order valence-corrected chi connectivity index (χ0v) is 17.8. The van der Waals surface area contributed by atoms with E-state index in [2.05, 4.69) is 15.1 Å². The molecule has 160 valence electrons. The lowest BCUT2D eigenvalue weighted by Gasteiger charge is -2.49. The second-order valence-corrected chi connectivity index (χ2v) is 9.51. The number of likely N-dealkylation sites (tertiary alicyclic amines) is 2. The number of ether oxygens (including phenoxy) is 2. The molecule has 0 saturated carbocycles. The molecule has 0 aliphatic carbocycles. The number of nitrogens with zero attached hydrogens (tertiary/aromatic N) is 3. The van der Waals surface area contributed by atoms with Gasteiger partial charge in [0.1, 0.15) is 5.60 Å². The summed E-state index contributed by atoms with van der Waals surface area (Å²) in [6, 6.07) is 0. The lowest BCUT2D eigenvalue weighted by molar-refractivity contribution is -0.147. The van der Waals surface area contributed by atoms with E-state index in [4.69, 9.17) is 9.47 Å². The Morgan fingerprint density at radius 3 is 2.57 bits per heavy atom. The highest BCUT2D eigenvalue weighted by Crippen LogP contribution is 2.30. The number of nitrogens with one attached hydrogen (secondary N) is 1. The Kier molecular flexibility index (Phi) is 6.51. The number of carbonyl (C=O) groups excluding carboxylic acids is 2. The van der Waals surface area contributed by atoms with Crippen LogP contribution < -0.4 is 5.32 Å². The zero-order valence-electron chi connectivity index (χ0n) is 17.8. The third kappa shape index (κ3) is 5.58. The van der Waals surface area contributed by atoms with Gasteiger partial charge in [0, 0.05) is 52.2 Å². The highest BCUT2D eigenvalue weighted by molar-refractivity contribution is 5.77. The fraction of sp³-hybridized carbons (Fsp3) is 0.900. The minimum absolute atomic E-state index is 0.0569. The van der Waals surface area contributed by atoms with E-state index >= 15 is 0 Å². The van der Waals surface area contributed by atoms with Crippen molar-refractivity contribution in [3.05, 3.63) is 0 Å². The SMILES string of the molecule is CNC(=O)CN1CCC[C@@]2(C1)CN(CC1CN(C(=O)OC(C)(C)C)C1)CCO2. The van der Waals surface area contributed by atoms with Crippen LogP contribution in [0.4, 0.5) is 4.79 Å². The van der Waals surface area contributed by atoms with Crippen LogP contribution in [0.1, 0.15) is 33.6 Å². The predicted octanol–water partition coefficient (Wildman–Crippen LogP) is 0.766. The smallest absolute Gasteiger partial charge is 0.410 e. The summed E-state index contributed by atoms with van der Waals surface area (Å²) in [4.78, 5) is 30.3. The first kappa shape index (κ1) is 21.3. The van der Waals surface area contributed by atoms with Crippen LogP contribution in [0.2, 0.25) is 0 Å². The van der Waals surface area contributed by atoms with Crippen LogP contribution in [0.5, 0.6) is 0 Å². The molecule has 0 aromatic rings. The quantitative estimate of drug-likeness (QED) is 0.757. The second kappa shape index (κ2) is 8.55. The van der Waals surface area contributed by atoms with E-state index in [1.165, 1.54) is 0 Å². The Morgan fingerprint density at radius 1 is 1.18 bits per heavy atom. The molecule has 28 heavy (non-hydrogen) atoms. The van der Waals surface area contributed by atoms with Crippen LogP contribution >= 0.6 is 0 Å². The van der Waals surface area contributed by atoms with E-state index < -0.39 is 5.60 Å². The van der Waals surface area contributed by atoms with Gasteiger partial charge in [-0.1, -0.05) is 0 Å². The maximum atomic E-state index is 12.1. The monoisotopic (exact) mass is 396 g/mol. The summed E-state index contributed by atoms with van der Waals surface area (Å²) in [6.45, 7) is 13.0. The van der Waals surface area contributed by atoms with Crippen LogP contribution in [0, 0.1) is 5.92 Å². The molecule has 3 saturated heterocycles. The molecule has 0 radical (unpaired) electrons. The van der Waals surface area contributed by atoms with E-state index in [0.29, 0.717) is 12.5 Å². The van der Waals surface area contributed by atoms with Crippen molar-refractivity contribution in [1.82, 2.24) is 20.0 Å². The number of piperidine rings is 1. The molecule has 0 aromatic carbocycles. The number of hydrogen-bond acceptors (Lipinski definition) is 6. The van der Waals surface area contributed by atoms with Gasteiger partial charge in [-0.15, -0.1) is 0 Å². The molecule has 1 N–H and O–H groups in total. The Morgan fingerprint density at radius 2 is 1.89 bits per heavy atom. The average molecular weight is 397 g/mol. The minimum Gasteiger partial charge on any atom is -0.444 e. The molecule has 0 unspecified atom stereocenters. The summed E-state index contributed by atoms with van der Waals surface area (Å²) in [5, 5.41) is 2.71. The number of amides is 2. The molecule has 3 aliphatic rings. The molecule has 0 aromatic heterocycles. The van der Waals surface area contributed by atoms with Gasteiger partial charge in [0.05, 0.1) is 18.8 Å². The van der Waals surface area contributed by atoms with Crippen LogP contribution in [-0.4, -0.2) is 104 Å². The fourth-order valence-electron chi connectivity index (χ4n) is 4.46. The molecule has 0 bridgehead atoms. The largest absolute Gasteiger partial charge is 0.444 e. The normalized spacial score (nSPS) is 27.5. The third-order valence-electron chi connectivity index (χ3n) is 5.72. The highest BCUT2D eigenvalue weighted by atomic mass is 16.6. The summed E-state index contributed by atoms with van der Waals surface area (Å²) in [5.74, 6) is 0.551. The molecule has 3 aliphatic heterocycles. The Labute approximate surface area is 168 Å². The Hall–Kier alpha value is -1.38. The maximum Gasteiger partial charge on any atom is 0.410 e. The van der Waals surface area contributed by atoms with Gasteiger partial charge in [-0.3, -0.25) is 14.6 Å². The molecule has 8 heteroatoms. The number of rotatable bonds is 4. The molecular formula is C20H36N4O4. The molecular weight excluding hydrogens is 360 g/mol. The van der Waals surface area contributed by atoms with E-state index in [1.807, 2.05) is 20.8 Å². The maximum absolute atomic E-state index is 12.1. The van der Waals surface area contributed by atoms with Crippen LogP contribution in [0.25, 0.3) is 0 Å². The van der Waals surface area contributed by atoms with Gasteiger partial charge in [0.25, 0.3) is 0 Å². The van der Waals surface area contributed by atoms with Gasteiger partial charge in [-0.2, -0.15) is 0 Å². The predicted molar refractivity (Wildman–Crippen MR) is 106 cm³/mol. The molecule has 8 nitrogen and oxygen atoms in total. The van der Waals surface area contributed by atoms with Crippen molar-refractivity contribution in [3.8, 4) is 0 Å². The summed E-state index contributed by atoms with van der Waals surface area (Å²) < 4.78 is 11.7. The second-order valence-electron chi connectivity index (χ2n) is 9.51. The van der Waals surface area contributed by atoms with Crippen molar-refractivity contribution in [2.75, 3.05) is 66.0 Å². The van der Waals surface area contributed by atoms with Gasteiger partial charge < -0.3 is 19.7 Å². The molecule has 3 rings (SSSR count). The van der Waals surface area contributed by atoms with Crippen molar-refractivity contribution in [1.29, 1.82) is 0 Å².